The number of hydrogen-bond acceptors (Lipinski definition) is 4. The van der Waals surface area contributed by atoms with Crippen molar-refractivity contribution in [2.75, 3.05) is 32.8 Å². The fraction of sp³-hybridized carbons (Fsp3) is 0.938. The van der Waals surface area contributed by atoms with E-state index in [4.69, 9.17) is 9.47 Å². The van der Waals surface area contributed by atoms with Gasteiger partial charge in [-0.1, -0.05) is 6.92 Å². The zero-order chi connectivity index (χ0) is 15.7. The van der Waals surface area contributed by atoms with Crippen molar-refractivity contribution in [3.8, 4) is 0 Å². The third-order valence-electron chi connectivity index (χ3n) is 3.47. The molecule has 1 aliphatic rings. The van der Waals surface area contributed by atoms with E-state index in [0.29, 0.717) is 18.4 Å². The Morgan fingerprint density at radius 2 is 1.90 bits per heavy atom. The van der Waals surface area contributed by atoms with Gasteiger partial charge in [-0.05, 0) is 58.4 Å². The molecule has 0 atom stereocenters. The number of hydrogen-bond donors (Lipinski definition) is 2. The first-order valence-electron chi connectivity index (χ1n) is 8.16. The van der Waals surface area contributed by atoms with Gasteiger partial charge in [-0.25, -0.2) is 4.79 Å². The number of nitrogens with one attached hydrogen (secondary N) is 2. The second kappa shape index (κ2) is 9.26. The molecule has 0 aromatic rings. The summed E-state index contributed by atoms with van der Waals surface area (Å²) in [5.74, 6) is 1.23. The molecule has 0 heterocycles. The van der Waals surface area contributed by atoms with E-state index in [2.05, 4.69) is 17.6 Å². The Kier molecular flexibility index (Phi) is 8.04. The van der Waals surface area contributed by atoms with E-state index in [1.807, 2.05) is 20.8 Å². The molecule has 0 radical (unpaired) electrons. The molecule has 0 unspecified atom stereocenters. The maximum absolute atomic E-state index is 11.5. The molecule has 124 valence electrons. The lowest BCUT2D eigenvalue weighted by Crippen LogP contribution is -2.40. The quantitative estimate of drug-likeness (QED) is 0.643. The summed E-state index contributed by atoms with van der Waals surface area (Å²) in [5, 5.41) is 6.16. The van der Waals surface area contributed by atoms with Crippen LogP contribution in [0.4, 0.5) is 4.79 Å². The third kappa shape index (κ3) is 8.94. The van der Waals surface area contributed by atoms with Gasteiger partial charge in [0.15, 0.2) is 0 Å². The predicted molar refractivity (Wildman–Crippen MR) is 84.4 cm³/mol. The number of alkyl carbamates (subject to hydrolysis) is 1. The molecule has 5 heteroatoms. The first-order valence-corrected chi connectivity index (χ1v) is 8.16. The lowest BCUT2D eigenvalue weighted by atomic mass is 9.75. The average molecular weight is 300 g/mol. The molecule has 0 bridgehead atoms. The van der Waals surface area contributed by atoms with Crippen LogP contribution in [0, 0.1) is 11.8 Å². The first-order chi connectivity index (χ1) is 9.90. The summed E-state index contributed by atoms with van der Waals surface area (Å²) < 4.78 is 10.9. The molecule has 21 heavy (non-hydrogen) atoms. The van der Waals surface area contributed by atoms with Gasteiger partial charge in [-0.2, -0.15) is 0 Å². The van der Waals surface area contributed by atoms with Gasteiger partial charge in [-0.15, -0.1) is 0 Å². The lowest BCUT2D eigenvalue weighted by molar-refractivity contribution is 0.0363. The Morgan fingerprint density at radius 1 is 1.19 bits per heavy atom. The van der Waals surface area contributed by atoms with Crippen molar-refractivity contribution < 1.29 is 14.3 Å². The van der Waals surface area contributed by atoms with Crippen molar-refractivity contribution in [2.45, 2.75) is 52.6 Å². The SMILES string of the molecule is CCCNCCOCC1CC(CNC(=O)OC(C)(C)C)C1. The zero-order valence-electron chi connectivity index (χ0n) is 14.0. The number of amides is 1. The van der Waals surface area contributed by atoms with E-state index >= 15 is 0 Å². The topological polar surface area (TPSA) is 59.6 Å². The van der Waals surface area contributed by atoms with Crippen LogP contribution in [0.15, 0.2) is 0 Å². The molecule has 1 amide bonds. The summed E-state index contributed by atoms with van der Waals surface area (Å²) in [5.41, 5.74) is -0.425. The Balaban J connectivity index is 1.93. The minimum Gasteiger partial charge on any atom is -0.444 e. The zero-order valence-corrected chi connectivity index (χ0v) is 14.0. The average Bonchev–Trinajstić information content (AvgIpc) is 2.32. The largest absolute Gasteiger partial charge is 0.444 e. The van der Waals surface area contributed by atoms with E-state index in [0.717, 1.165) is 45.6 Å². The van der Waals surface area contributed by atoms with Crippen molar-refractivity contribution in [3.63, 3.8) is 0 Å². The number of ether oxygens (including phenoxy) is 2. The molecular formula is C16H32N2O3. The van der Waals surface area contributed by atoms with Gasteiger partial charge in [-0.3, -0.25) is 0 Å². The fourth-order valence-corrected chi connectivity index (χ4v) is 2.41. The first kappa shape index (κ1) is 18.2. The van der Waals surface area contributed by atoms with Gasteiger partial charge in [0.1, 0.15) is 5.60 Å². The highest BCUT2D eigenvalue weighted by Crippen LogP contribution is 2.33. The second-order valence-corrected chi connectivity index (χ2v) is 6.91. The Bertz CT molecular complexity index is 296. The van der Waals surface area contributed by atoms with E-state index in [1.165, 1.54) is 0 Å². The van der Waals surface area contributed by atoms with E-state index in [-0.39, 0.29) is 6.09 Å². The standard InChI is InChI=1S/C16H32N2O3/c1-5-6-17-7-8-20-12-14-9-13(10-14)11-18-15(19)21-16(2,3)4/h13-14,17H,5-12H2,1-4H3,(H,18,19). The summed E-state index contributed by atoms with van der Waals surface area (Å²) in [6, 6.07) is 0. The summed E-state index contributed by atoms with van der Waals surface area (Å²) in [6.07, 6.45) is 3.12. The van der Waals surface area contributed by atoms with E-state index < -0.39 is 5.60 Å². The van der Waals surface area contributed by atoms with Gasteiger partial charge in [0, 0.05) is 19.7 Å². The van der Waals surface area contributed by atoms with E-state index in [9.17, 15) is 4.79 Å². The number of rotatable bonds is 9. The van der Waals surface area contributed by atoms with E-state index in [1.54, 1.807) is 0 Å². The molecule has 5 nitrogen and oxygen atoms in total. The summed E-state index contributed by atoms with van der Waals surface area (Å²) in [4.78, 5) is 11.5. The van der Waals surface area contributed by atoms with Crippen LogP contribution in [-0.2, 0) is 9.47 Å². The highest BCUT2D eigenvalue weighted by Gasteiger charge is 2.29. The molecule has 0 aromatic carbocycles. The van der Waals surface area contributed by atoms with Crippen LogP contribution in [0.5, 0.6) is 0 Å². The molecule has 0 saturated heterocycles. The Labute approximate surface area is 129 Å². The van der Waals surface area contributed by atoms with Crippen LogP contribution in [0.1, 0.15) is 47.0 Å². The molecule has 1 fully saturated rings. The van der Waals surface area contributed by atoms with Crippen LogP contribution in [0.25, 0.3) is 0 Å². The second-order valence-electron chi connectivity index (χ2n) is 6.91. The molecule has 0 aliphatic heterocycles. The summed E-state index contributed by atoms with van der Waals surface area (Å²) in [7, 11) is 0. The number of carbonyl (C=O) groups is 1. The minimum absolute atomic E-state index is 0.316. The number of carbonyl (C=O) groups excluding carboxylic acids is 1. The van der Waals surface area contributed by atoms with Crippen LogP contribution in [0.3, 0.4) is 0 Å². The van der Waals surface area contributed by atoms with Gasteiger partial charge in [0.05, 0.1) is 6.61 Å². The van der Waals surface area contributed by atoms with Gasteiger partial charge < -0.3 is 20.1 Å². The van der Waals surface area contributed by atoms with Crippen molar-refractivity contribution in [3.05, 3.63) is 0 Å². The Morgan fingerprint density at radius 3 is 2.52 bits per heavy atom. The summed E-state index contributed by atoms with van der Waals surface area (Å²) in [6.45, 7) is 12.1. The lowest BCUT2D eigenvalue weighted by Gasteiger charge is -2.35. The maximum atomic E-state index is 11.5. The van der Waals surface area contributed by atoms with Crippen molar-refractivity contribution in [1.29, 1.82) is 0 Å². The highest BCUT2D eigenvalue weighted by molar-refractivity contribution is 5.67. The molecule has 1 saturated carbocycles. The van der Waals surface area contributed by atoms with Crippen molar-refractivity contribution in [1.82, 2.24) is 10.6 Å². The van der Waals surface area contributed by atoms with Gasteiger partial charge in [0.25, 0.3) is 0 Å². The highest BCUT2D eigenvalue weighted by atomic mass is 16.6. The molecular weight excluding hydrogens is 268 g/mol. The Hall–Kier alpha value is -0.810. The summed E-state index contributed by atoms with van der Waals surface area (Å²) >= 11 is 0. The molecule has 2 N–H and O–H groups in total. The maximum Gasteiger partial charge on any atom is 0.407 e. The van der Waals surface area contributed by atoms with Crippen LogP contribution in [0.2, 0.25) is 0 Å². The smallest absolute Gasteiger partial charge is 0.407 e. The van der Waals surface area contributed by atoms with Crippen molar-refractivity contribution in [2.24, 2.45) is 11.8 Å². The minimum atomic E-state index is -0.425. The van der Waals surface area contributed by atoms with Crippen LogP contribution in [-0.4, -0.2) is 44.5 Å². The monoisotopic (exact) mass is 300 g/mol. The van der Waals surface area contributed by atoms with Crippen LogP contribution < -0.4 is 10.6 Å². The molecule has 1 rings (SSSR count). The molecule has 0 aromatic heterocycles. The fourth-order valence-electron chi connectivity index (χ4n) is 2.41. The van der Waals surface area contributed by atoms with Gasteiger partial charge in [0.2, 0.25) is 0 Å². The van der Waals surface area contributed by atoms with Crippen molar-refractivity contribution >= 4 is 6.09 Å². The predicted octanol–water partition coefficient (Wildman–Crippen LogP) is 2.55. The van der Waals surface area contributed by atoms with Gasteiger partial charge >= 0.3 is 6.09 Å². The third-order valence-corrected chi connectivity index (χ3v) is 3.47. The molecule has 1 aliphatic carbocycles. The normalized spacial score (nSPS) is 21.7. The van der Waals surface area contributed by atoms with Crippen LogP contribution >= 0.6 is 0 Å². The molecule has 0 spiro atoms.